The van der Waals surface area contributed by atoms with Crippen molar-refractivity contribution >= 4 is 27.3 Å². The molecule has 144 valence electrons. The molecule has 6 nitrogen and oxygen atoms in total. The molecule has 0 heterocycles. The minimum atomic E-state index is -3.79. The maximum Gasteiger partial charge on any atom is 0.261 e. The van der Waals surface area contributed by atoms with Crippen molar-refractivity contribution in [2.75, 3.05) is 9.62 Å². The second-order valence-electron chi connectivity index (χ2n) is 6.88. The molecular formula is C20H24N2O4S. The van der Waals surface area contributed by atoms with Gasteiger partial charge in [-0.25, -0.2) is 8.42 Å². The average molecular weight is 388 g/mol. The molecule has 0 bridgehead atoms. The lowest BCUT2D eigenvalue weighted by atomic mass is 10.2. The Hall–Kier alpha value is -2.54. The van der Waals surface area contributed by atoms with Gasteiger partial charge in [-0.05, 0) is 63.1 Å². The summed E-state index contributed by atoms with van der Waals surface area (Å²) in [6.45, 7) is 5.31. The molecule has 0 unspecified atom stereocenters. The van der Waals surface area contributed by atoms with Crippen molar-refractivity contribution in [3.05, 3.63) is 48.5 Å². The Kier molecular flexibility index (Phi) is 5.41. The van der Waals surface area contributed by atoms with Gasteiger partial charge in [0.15, 0.2) is 0 Å². The number of nitrogens with one attached hydrogen (secondary N) is 1. The van der Waals surface area contributed by atoms with Crippen LogP contribution in [0.5, 0.6) is 5.75 Å². The van der Waals surface area contributed by atoms with Crippen molar-refractivity contribution in [1.29, 1.82) is 0 Å². The van der Waals surface area contributed by atoms with E-state index in [1.54, 1.807) is 41.3 Å². The summed E-state index contributed by atoms with van der Waals surface area (Å²) in [6, 6.07) is 13.4. The highest BCUT2D eigenvalue weighted by Gasteiger charge is 2.33. The Balaban J connectivity index is 1.87. The molecule has 2 aromatic rings. The largest absolute Gasteiger partial charge is 0.491 e. The van der Waals surface area contributed by atoms with Crippen LogP contribution < -0.4 is 14.4 Å². The molecular weight excluding hydrogens is 364 g/mol. The standard InChI is InChI=1S/C20H24N2O4S/c1-14(2)26-17-10-12-18(13-11-17)27(24,25)21-19-6-4-5-7-20(19)22(15(3)23)16-8-9-16/h4-7,10-14,16,21H,8-9H2,1-3H3. The highest BCUT2D eigenvalue weighted by atomic mass is 32.2. The van der Waals surface area contributed by atoms with E-state index in [0.29, 0.717) is 17.1 Å². The Morgan fingerprint density at radius 2 is 1.74 bits per heavy atom. The van der Waals surface area contributed by atoms with Crippen molar-refractivity contribution in [3.8, 4) is 5.75 Å². The zero-order chi connectivity index (χ0) is 19.6. The lowest BCUT2D eigenvalue weighted by Crippen LogP contribution is -2.31. The van der Waals surface area contributed by atoms with Gasteiger partial charge >= 0.3 is 0 Å². The first kappa shape index (κ1) is 19.2. The normalized spacial score (nSPS) is 14.1. The van der Waals surface area contributed by atoms with Crippen LogP contribution in [0.3, 0.4) is 0 Å². The third-order valence-electron chi connectivity index (χ3n) is 4.17. The fourth-order valence-electron chi connectivity index (χ4n) is 2.90. The van der Waals surface area contributed by atoms with Crippen molar-refractivity contribution < 1.29 is 17.9 Å². The lowest BCUT2D eigenvalue weighted by Gasteiger charge is -2.24. The number of sulfonamides is 1. The Bertz CT molecular complexity index is 919. The predicted octanol–water partition coefficient (Wildman–Crippen LogP) is 3.79. The fourth-order valence-corrected chi connectivity index (χ4v) is 3.97. The topological polar surface area (TPSA) is 75.7 Å². The van der Waals surface area contributed by atoms with Gasteiger partial charge in [-0.1, -0.05) is 12.1 Å². The third kappa shape index (κ3) is 4.60. The summed E-state index contributed by atoms with van der Waals surface area (Å²) >= 11 is 0. The van der Waals surface area contributed by atoms with Gasteiger partial charge in [0.25, 0.3) is 10.0 Å². The zero-order valence-electron chi connectivity index (χ0n) is 15.7. The number of carbonyl (C=O) groups excluding carboxylic acids is 1. The molecule has 1 saturated carbocycles. The van der Waals surface area contributed by atoms with E-state index in [1.165, 1.54) is 19.1 Å². The van der Waals surface area contributed by atoms with Crippen LogP contribution in [0.2, 0.25) is 0 Å². The molecule has 1 N–H and O–H groups in total. The van der Waals surface area contributed by atoms with Crippen LogP contribution in [0, 0.1) is 0 Å². The average Bonchev–Trinajstić information content (AvgIpc) is 3.41. The first-order valence-corrected chi connectivity index (χ1v) is 10.4. The van der Waals surface area contributed by atoms with Crippen LogP contribution in [0.4, 0.5) is 11.4 Å². The van der Waals surface area contributed by atoms with Crippen LogP contribution >= 0.6 is 0 Å². The first-order chi connectivity index (χ1) is 12.8. The molecule has 27 heavy (non-hydrogen) atoms. The van der Waals surface area contributed by atoms with Crippen LogP contribution in [-0.2, 0) is 14.8 Å². The number of amides is 1. The van der Waals surface area contributed by atoms with Crippen molar-refractivity contribution in [2.24, 2.45) is 0 Å². The number of carbonyl (C=O) groups is 1. The van der Waals surface area contributed by atoms with Crippen LogP contribution in [0.1, 0.15) is 33.6 Å². The van der Waals surface area contributed by atoms with Gasteiger partial charge in [-0.2, -0.15) is 0 Å². The molecule has 0 aromatic heterocycles. The van der Waals surface area contributed by atoms with E-state index in [1.807, 2.05) is 13.8 Å². The van der Waals surface area contributed by atoms with Gasteiger partial charge < -0.3 is 9.64 Å². The molecule has 1 fully saturated rings. The van der Waals surface area contributed by atoms with Gasteiger partial charge in [-0.3, -0.25) is 9.52 Å². The van der Waals surface area contributed by atoms with Crippen LogP contribution in [0.25, 0.3) is 0 Å². The van der Waals surface area contributed by atoms with E-state index in [-0.39, 0.29) is 22.9 Å². The highest BCUT2D eigenvalue weighted by molar-refractivity contribution is 7.92. The van der Waals surface area contributed by atoms with Crippen molar-refractivity contribution in [2.45, 2.75) is 50.7 Å². The Morgan fingerprint density at radius 3 is 2.30 bits per heavy atom. The second-order valence-corrected chi connectivity index (χ2v) is 8.56. The summed E-state index contributed by atoms with van der Waals surface area (Å²) < 4.78 is 33.8. The lowest BCUT2D eigenvalue weighted by molar-refractivity contribution is -0.116. The fraction of sp³-hybridized carbons (Fsp3) is 0.350. The highest BCUT2D eigenvalue weighted by Crippen LogP contribution is 2.36. The second kappa shape index (κ2) is 7.60. The number of benzene rings is 2. The van der Waals surface area contributed by atoms with Gasteiger partial charge in [0.1, 0.15) is 5.75 Å². The SMILES string of the molecule is CC(=O)N(c1ccccc1NS(=O)(=O)c1ccc(OC(C)C)cc1)C1CC1. The summed E-state index contributed by atoms with van der Waals surface area (Å²) in [5.41, 5.74) is 0.970. The molecule has 3 rings (SSSR count). The van der Waals surface area contributed by atoms with E-state index in [0.717, 1.165) is 12.8 Å². The van der Waals surface area contributed by atoms with E-state index < -0.39 is 10.0 Å². The van der Waals surface area contributed by atoms with Gasteiger partial charge in [-0.15, -0.1) is 0 Å². The van der Waals surface area contributed by atoms with E-state index in [9.17, 15) is 13.2 Å². The molecule has 7 heteroatoms. The molecule has 0 aliphatic heterocycles. The third-order valence-corrected chi connectivity index (χ3v) is 5.55. The minimum absolute atomic E-state index is 0.0115. The van der Waals surface area contributed by atoms with E-state index >= 15 is 0 Å². The van der Waals surface area contributed by atoms with Gasteiger partial charge in [0, 0.05) is 13.0 Å². The summed E-state index contributed by atoms with van der Waals surface area (Å²) in [5.74, 6) is 0.514. The molecule has 0 atom stereocenters. The maximum atomic E-state index is 12.8. The summed E-state index contributed by atoms with van der Waals surface area (Å²) in [5, 5.41) is 0. The van der Waals surface area contributed by atoms with Crippen molar-refractivity contribution in [1.82, 2.24) is 0 Å². The maximum absolute atomic E-state index is 12.8. The van der Waals surface area contributed by atoms with E-state index in [2.05, 4.69) is 4.72 Å². The number of para-hydroxylation sites is 2. The molecule has 1 aliphatic carbocycles. The summed E-state index contributed by atoms with van der Waals surface area (Å²) in [4.78, 5) is 13.9. The number of rotatable bonds is 7. The number of nitrogens with zero attached hydrogens (tertiary/aromatic N) is 1. The predicted molar refractivity (Wildman–Crippen MR) is 106 cm³/mol. The molecule has 2 aromatic carbocycles. The summed E-state index contributed by atoms with van der Waals surface area (Å²) in [7, 11) is -3.79. The number of hydrogen-bond donors (Lipinski definition) is 1. The number of hydrogen-bond acceptors (Lipinski definition) is 4. The molecule has 0 radical (unpaired) electrons. The van der Waals surface area contributed by atoms with Gasteiger partial charge in [0.05, 0.1) is 22.4 Å². The van der Waals surface area contributed by atoms with Crippen LogP contribution in [0.15, 0.2) is 53.4 Å². The molecule has 1 amide bonds. The Morgan fingerprint density at radius 1 is 1.11 bits per heavy atom. The minimum Gasteiger partial charge on any atom is -0.491 e. The van der Waals surface area contributed by atoms with Gasteiger partial charge in [0.2, 0.25) is 5.91 Å². The zero-order valence-corrected chi connectivity index (χ0v) is 16.5. The first-order valence-electron chi connectivity index (χ1n) is 8.96. The Labute approximate surface area is 160 Å². The number of anilines is 2. The van der Waals surface area contributed by atoms with Crippen LogP contribution in [-0.4, -0.2) is 26.5 Å². The monoisotopic (exact) mass is 388 g/mol. The molecule has 0 saturated heterocycles. The molecule has 0 spiro atoms. The van der Waals surface area contributed by atoms with Crippen molar-refractivity contribution in [3.63, 3.8) is 0 Å². The smallest absolute Gasteiger partial charge is 0.261 e. The van der Waals surface area contributed by atoms with E-state index in [4.69, 9.17) is 4.74 Å². The number of ether oxygens (including phenoxy) is 1. The molecule has 1 aliphatic rings. The quantitative estimate of drug-likeness (QED) is 0.783. The summed E-state index contributed by atoms with van der Waals surface area (Å²) in [6.07, 6.45) is 1.87.